The maximum absolute atomic E-state index is 11.8. The number of hydrogen-bond acceptors (Lipinski definition) is 2. The van der Waals surface area contributed by atoms with E-state index in [9.17, 15) is 4.79 Å². The molecule has 0 aliphatic carbocycles. The molecule has 1 heterocycles. The van der Waals surface area contributed by atoms with Crippen LogP contribution in [-0.2, 0) is 4.79 Å². The lowest BCUT2D eigenvalue weighted by atomic mass is 10.1. The number of rotatable bonds is 3. The molecular weight excluding hydrogens is 176 g/mol. The van der Waals surface area contributed by atoms with Crippen LogP contribution in [0.15, 0.2) is 0 Å². The zero-order valence-electron chi connectivity index (χ0n) is 9.79. The van der Waals surface area contributed by atoms with Crippen molar-refractivity contribution in [3.8, 4) is 0 Å². The van der Waals surface area contributed by atoms with Gasteiger partial charge in [0, 0.05) is 20.6 Å². The molecule has 3 nitrogen and oxygen atoms in total. The van der Waals surface area contributed by atoms with E-state index in [1.54, 1.807) is 4.90 Å². The molecule has 0 N–H and O–H groups in total. The van der Waals surface area contributed by atoms with Crippen LogP contribution in [0.2, 0.25) is 0 Å². The summed E-state index contributed by atoms with van der Waals surface area (Å²) in [5.41, 5.74) is 0. The van der Waals surface area contributed by atoms with E-state index in [1.165, 1.54) is 0 Å². The van der Waals surface area contributed by atoms with Crippen LogP contribution in [0.3, 0.4) is 0 Å². The molecule has 0 unspecified atom stereocenters. The Bertz CT molecular complexity index is 201. The van der Waals surface area contributed by atoms with Crippen LogP contribution in [-0.4, -0.2) is 48.9 Å². The molecular formula is C11H22N2O. The second-order valence-electron chi connectivity index (χ2n) is 4.78. The molecule has 0 aromatic rings. The first kappa shape index (κ1) is 11.5. The summed E-state index contributed by atoms with van der Waals surface area (Å²) in [4.78, 5) is 15.9. The van der Waals surface area contributed by atoms with Crippen LogP contribution in [0.25, 0.3) is 0 Å². The first-order valence-corrected chi connectivity index (χ1v) is 5.47. The summed E-state index contributed by atoms with van der Waals surface area (Å²) in [7, 11) is 3.68. The molecule has 0 aromatic carbocycles. The van der Waals surface area contributed by atoms with E-state index in [0.29, 0.717) is 5.92 Å². The third-order valence-corrected chi connectivity index (χ3v) is 2.69. The van der Waals surface area contributed by atoms with Gasteiger partial charge < -0.3 is 4.90 Å². The Kier molecular flexibility index (Phi) is 3.93. The lowest BCUT2D eigenvalue weighted by Gasteiger charge is -2.27. The molecule has 1 fully saturated rings. The Morgan fingerprint density at radius 1 is 1.50 bits per heavy atom. The van der Waals surface area contributed by atoms with Gasteiger partial charge in [-0.2, -0.15) is 0 Å². The average molecular weight is 198 g/mol. The summed E-state index contributed by atoms with van der Waals surface area (Å²) in [5, 5.41) is 0. The average Bonchev–Trinajstić information content (AvgIpc) is 2.49. The van der Waals surface area contributed by atoms with Gasteiger partial charge in [-0.25, -0.2) is 0 Å². The van der Waals surface area contributed by atoms with E-state index in [-0.39, 0.29) is 11.9 Å². The molecule has 0 spiro atoms. The summed E-state index contributed by atoms with van der Waals surface area (Å²) < 4.78 is 0. The zero-order valence-corrected chi connectivity index (χ0v) is 9.79. The van der Waals surface area contributed by atoms with Gasteiger partial charge in [0.2, 0.25) is 5.91 Å². The number of likely N-dealkylation sites (tertiary alicyclic amines) is 1. The highest BCUT2D eigenvalue weighted by atomic mass is 16.2. The van der Waals surface area contributed by atoms with Crippen molar-refractivity contribution >= 4 is 5.91 Å². The number of nitrogens with zero attached hydrogens (tertiary/aromatic N) is 2. The van der Waals surface area contributed by atoms with E-state index >= 15 is 0 Å². The van der Waals surface area contributed by atoms with Gasteiger partial charge in [0.05, 0.1) is 6.04 Å². The quantitative estimate of drug-likeness (QED) is 0.680. The first-order valence-electron chi connectivity index (χ1n) is 5.47. The monoisotopic (exact) mass is 198 g/mol. The maximum Gasteiger partial charge on any atom is 0.239 e. The fourth-order valence-electron chi connectivity index (χ4n) is 2.09. The van der Waals surface area contributed by atoms with Crippen LogP contribution >= 0.6 is 0 Å². The van der Waals surface area contributed by atoms with Crippen LogP contribution in [0.1, 0.15) is 26.7 Å². The minimum Gasteiger partial charge on any atom is -0.347 e. The third kappa shape index (κ3) is 2.71. The van der Waals surface area contributed by atoms with Crippen molar-refractivity contribution in [3.63, 3.8) is 0 Å². The Balaban J connectivity index is 2.55. The van der Waals surface area contributed by atoms with Gasteiger partial charge in [-0.1, -0.05) is 13.8 Å². The van der Waals surface area contributed by atoms with Crippen molar-refractivity contribution < 1.29 is 4.79 Å². The highest BCUT2D eigenvalue weighted by molar-refractivity contribution is 5.81. The van der Waals surface area contributed by atoms with E-state index in [1.807, 2.05) is 14.1 Å². The van der Waals surface area contributed by atoms with Crippen LogP contribution in [0, 0.1) is 5.92 Å². The van der Waals surface area contributed by atoms with Gasteiger partial charge in [0.1, 0.15) is 0 Å². The predicted octanol–water partition coefficient (Wildman–Crippen LogP) is 1.20. The third-order valence-electron chi connectivity index (χ3n) is 2.69. The van der Waals surface area contributed by atoms with Crippen molar-refractivity contribution in [2.75, 3.05) is 27.2 Å². The van der Waals surface area contributed by atoms with E-state index in [4.69, 9.17) is 0 Å². The maximum atomic E-state index is 11.8. The molecule has 1 aliphatic heterocycles. The zero-order chi connectivity index (χ0) is 10.7. The standard InChI is InChI=1S/C11H22N2O/c1-9(2)8-13-7-5-6-10(13)11(14)12(3)4/h9-10H,5-8H2,1-4H3/t10-/m1/s1. The van der Waals surface area contributed by atoms with Crippen molar-refractivity contribution in [1.82, 2.24) is 9.80 Å². The molecule has 1 atom stereocenters. The second-order valence-corrected chi connectivity index (χ2v) is 4.78. The molecule has 14 heavy (non-hydrogen) atoms. The lowest BCUT2D eigenvalue weighted by Crippen LogP contribution is -2.43. The minimum absolute atomic E-state index is 0.146. The van der Waals surface area contributed by atoms with E-state index in [2.05, 4.69) is 18.7 Å². The molecule has 0 bridgehead atoms. The first-order chi connectivity index (χ1) is 6.52. The van der Waals surface area contributed by atoms with Crippen molar-refractivity contribution in [2.24, 2.45) is 5.92 Å². The van der Waals surface area contributed by atoms with Gasteiger partial charge in [-0.3, -0.25) is 9.69 Å². The van der Waals surface area contributed by atoms with E-state index in [0.717, 1.165) is 25.9 Å². The lowest BCUT2D eigenvalue weighted by molar-refractivity contribution is -0.133. The molecule has 3 heteroatoms. The Labute approximate surface area is 87.1 Å². The fraction of sp³-hybridized carbons (Fsp3) is 0.909. The largest absolute Gasteiger partial charge is 0.347 e. The molecule has 0 radical (unpaired) electrons. The Morgan fingerprint density at radius 3 is 2.64 bits per heavy atom. The molecule has 1 rings (SSSR count). The summed E-state index contributed by atoms with van der Waals surface area (Å²) in [6, 6.07) is 0.146. The number of carbonyl (C=O) groups is 1. The van der Waals surface area contributed by atoms with Gasteiger partial charge >= 0.3 is 0 Å². The Morgan fingerprint density at radius 2 is 2.14 bits per heavy atom. The SMILES string of the molecule is CC(C)CN1CCC[C@@H]1C(=O)N(C)C. The van der Waals surface area contributed by atoms with Crippen molar-refractivity contribution in [3.05, 3.63) is 0 Å². The van der Waals surface area contributed by atoms with Crippen LogP contribution in [0.5, 0.6) is 0 Å². The number of amides is 1. The topological polar surface area (TPSA) is 23.6 Å². The van der Waals surface area contributed by atoms with Crippen molar-refractivity contribution in [1.29, 1.82) is 0 Å². The van der Waals surface area contributed by atoms with Crippen LogP contribution < -0.4 is 0 Å². The highest BCUT2D eigenvalue weighted by Gasteiger charge is 2.31. The summed E-state index contributed by atoms with van der Waals surface area (Å²) in [6.45, 7) is 6.54. The molecule has 1 aliphatic rings. The fourth-order valence-corrected chi connectivity index (χ4v) is 2.09. The van der Waals surface area contributed by atoms with Gasteiger partial charge in [0.25, 0.3) is 0 Å². The number of hydrogen-bond donors (Lipinski definition) is 0. The smallest absolute Gasteiger partial charge is 0.239 e. The normalized spacial score (nSPS) is 23.1. The number of likely N-dealkylation sites (N-methyl/N-ethyl adjacent to an activating group) is 1. The molecule has 1 amide bonds. The van der Waals surface area contributed by atoms with Gasteiger partial charge in [0.15, 0.2) is 0 Å². The van der Waals surface area contributed by atoms with Gasteiger partial charge in [-0.05, 0) is 25.3 Å². The molecule has 0 saturated carbocycles. The van der Waals surface area contributed by atoms with Crippen molar-refractivity contribution in [2.45, 2.75) is 32.7 Å². The summed E-state index contributed by atoms with van der Waals surface area (Å²) in [6.07, 6.45) is 2.20. The molecule has 1 saturated heterocycles. The second kappa shape index (κ2) is 4.78. The predicted molar refractivity (Wildman–Crippen MR) is 58.1 cm³/mol. The van der Waals surface area contributed by atoms with Crippen LogP contribution in [0.4, 0.5) is 0 Å². The minimum atomic E-state index is 0.146. The number of carbonyl (C=O) groups excluding carboxylic acids is 1. The molecule has 0 aromatic heterocycles. The molecule has 82 valence electrons. The highest BCUT2D eigenvalue weighted by Crippen LogP contribution is 2.19. The summed E-state index contributed by atoms with van der Waals surface area (Å²) >= 11 is 0. The van der Waals surface area contributed by atoms with Gasteiger partial charge in [-0.15, -0.1) is 0 Å². The Hall–Kier alpha value is -0.570. The summed E-state index contributed by atoms with van der Waals surface area (Å²) in [5.74, 6) is 0.911. The van der Waals surface area contributed by atoms with E-state index < -0.39 is 0 Å².